The number of carbonyl (C=O) groups is 1. The Labute approximate surface area is 215 Å². The van der Waals surface area contributed by atoms with Crippen LogP contribution in [0.25, 0.3) is 27.7 Å². The molecule has 3 aromatic heterocycles. The Kier molecular flexibility index (Phi) is 6.16. The first-order valence-corrected chi connectivity index (χ1v) is 12.1. The smallest absolute Gasteiger partial charge is 0.328 e. The normalized spacial score (nSPS) is 15.6. The SMILES string of the molecule is Cc1cccc(Oc2ccc(-c3c(C4=CCNC4C(=O)OC(C)(C)C)n(C)c4ncnc(N)c34)cc2)n1. The molecule has 1 unspecified atom stereocenters. The van der Waals surface area contributed by atoms with Crippen LogP contribution in [0.5, 0.6) is 11.6 Å². The zero-order valence-electron chi connectivity index (χ0n) is 21.6. The van der Waals surface area contributed by atoms with Crippen LogP contribution >= 0.6 is 0 Å². The largest absolute Gasteiger partial charge is 0.459 e. The quantitative estimate of drug-likeness (QED) is 0.389. The van der Waals surface area contributed by atoms with Crippen molar-refractivity contribution in [3.63, 3.8) is 0 Å². The van der Waals surface area contributed by atoms with Gasteiger partial charge in [-0.15, -0.1) is 0 Å². The molecule has 0 spiro atoms. The summed E-state index contributed by atoms with van der Waals surface area (Å²) in [6, 6.07) is 12.7. The van der Waals surface area contributed by atoms with E-state index < -0.39 is 11.6 Å². The number of hydrogen-bond acceptors (Lipinski definition) is 8. The van der Waals surface area contributed by atoms with Crippen molar-refractivity contribution in [1.29, 1.82) is 0 Å². The van der Waals surface area contributed by atoms with E-state index in [9.17, 15) is 4.79 Å². The number of nitrogens with zero attached hydrogens (tertiary/aromatic N) is 4. The van der Waals surface area contributed by atoms with Crippen molar-refractivity contribution in [2.45, 2.75) is 39.3 Å². The molecule has 37 heavy (non-hydrogen) atoms. The van der Waals surface area contributed by atoms with E-state index in [0.717, 1.165) is 33.5 Å². The highest BCUT2D eigenvalue weighted by Gasteiger charge is 2.35. The van der Waals surface area contributed by atoms with Gasteiger partial charge in [0.1, 0.15) is 35.2 Å². The van der Waals surface area contributed by atoms with E-state index in [2.05, 4.69) is 20.3 Å². The predicted molar refractivity (Wildman–Crippen MR) is 143 cm³/mol. The summed E-state index contributed by atoms with van der Waals surface area (Å²) in [5.74, 6) is 1.22. The summed E-state index contributed by atoms with van der Waals surface area (Å²) in [7, 11) is 1.92. The van der Waals surface area contributed by atoms with E-state index in [1.807, 2.05) is 87.9 Å². The molecular weight excluding hydrogens is 468 g/mol. The van der Waals surface area contributed by atoms with Crippen molar-refractivity contribution in [3.05, 3.63) is 66.3 Å². The fraction of sp³-hybridized carbons (Fsp3) is 0.286. The van der Waals surface area contributed by atoms with Crippen molar-refractivity contribution >= 4 is 28.4 Å². The lowest BCUT2D eigenvalue weighted by Gasteiger charge is -2.24. The van der Waals surface area contributed by atoms with Crippen LogP contribution in [0.2, 0.25) is 0 Å². The predicted octanol–water partition coefficient (Wildman–Crippen LogP) is 4.41. The summed E-state index contributed by atoms with van der Waals surface area (Å²) >= 11 is 0. The number of hydrogen-bond donors (Lipinski definition) is 2. The van der Waals surface area contributed by atoms with Gasteiger partial charge in [-0.2, -0.15) is 0 Å². The first kappa shape index (κ1) is 24.5. The number of nitrogens with one attached hydrogen (secondary N) is 1. The molecule has 5 rings (SSSR count). The second-order valence-electron chi connectivity index (χ2n) is 10.0. The molecule has 0 radical (unpaired) electrons. The van der Waals surface area contributed by atoms with Crippen LogP contribution in [0.3, 0.4) is 0 Å². The third-order valence-electron chi connectivity index (χ3n) is 6.10. The monoisotopic (exact) mass is 498 g/mol. The van der Waals surface area contributed by atoms with Gasteiger partial charge in [-0.05, 0) is 51.5 Å². The third-order valence-corrected chi connectivity index (χ3v) is 6.10. The highest BCUT2D eigenvalue weighted by Crippen LogP contribution is 2.41. The van der Waals surface area contributed by atoms with Gasteiger partial charge in [-0.3, -0.25) is 5.32 Å². The lowest BCUT2D eigenvalue weighted by Crippen LogP contribution is -2.39. The molecule has 1 aliphatic heterocycles. The first-order valence-electron chi connectivity index (χ1n) is 12.1. The highest BCUT2D eigenvalue weighted by molar-refractivity contribution is 6.08. The Bertz CT molecular complexity index is 1520. The molecule has 0 amide bonds. The van der Waals surface area contributed by atoms with Gasteiger partial charge >= 0.3 is 5.97 Å². The molecular formula is C28H30N6O3. The molecule has 190 valence electrons. The van der Waals surface area contributed by atoms with Crippen molar-refractivity contribution in [3.8, 4) is 22.8 Å². The second-order valence-corrected chi connectivity index (χ2v) is 10.0. The maximum absolute atomic E-state index is 13.1. The van der Waals surface area contributed by atoms with Gasteiger partial charge < -0.3 is 19.8 Å². The van der Waals surface area contributed by atoms with E-state index in [4.69, 9.17) is 15.2 Å². The molecule has 4 heterocycles. The molecule has 1 aliphatic rings. The van der Waals surface area contributed by atoms with Crippen LogP contribution in [-0.2, 0) is 16.6 Å². The first-order chi connectivity index (χ1) is 17.6. The van der Waals surface area contributed by atoms with E-state index in [1.165, 1.54) is 6.33 Å². The average molecular weight is 499 g/mol. The minimum absolute atomic E-state index is 0.332. The van der Waals surface area contributed by atoms with Gasteiger partial charge in [0.25, 0.3) is 0 Å². The number of aryl methyl sites for hydroxylation is 2. The number of benzene rings is 1. The third kappa shape index (κ3) is 4.77. The Hall–Kier alpha value is -4.24. The standard InChI is InChI=1S/C28H30N6O3/c1-16-7-6-8-20(33-16)36-18-11-9-17(10-12-18)21-22-25(29)31-15-32-26(22)34(5)24(21)19-13-14-30-23(19)27(35)37-28(2,3)4/h6-13,15,23,30H,14H2,1-5H3,(H2,29,31,32). The molecule has 0 fully saturated rings. The van der Waals surface area contributed by atoms with E-state index in [-0.39, 0.29) is 5.97 Å². The van der Waals surface area contributed by atoms with Gasteiger partial charge in [-0.1, -0.05) is 24.3 Å². The topological polar surface area (TPSA) is 117 Å². The van der Waals surface area contributed by atoms with Crippen molar-refractivity contribution in [2.75, 3.05) is 12.3 Å². The number of rotatable bonds is 5. The van der Waals surface area contributed by atoms with E-state index >= 15 is 0 Å². The molecule has 0 saturated heterocycles. The fourth-order valence-electron chi connectivity index (χ4n) is 4.60. The lowest BCUT2D eigenvalue weighted by molar-refractivity contribution is -0.155. The van der Waals surface area contributed by atoms with E-state index in [1.54, 1.807) is 0 Å². The lowest BCUT2D eigenvalue weighted by atomic mass is 9.96. The van der Waals surface area contributed by atoms with Crippen molar-refractivity contribution in [2.24, 2.45) is 7.05 Å². The van der Waals surface area contributed by atoms with Crippen molar-refractivity contribution < 1.29 is 14.3 Å². The summed E-state index contributed by atoms with van der Waals surface area (Å²) in [5, 5.41) is 3.99. The summed E-state index contributed by atoms with van der Waals surface area (Å²) in [4.78, 5) is 26.3. The summed E-state index contributed by atoms with van der Waals surface area (Å²) in [6.45, 7) is 8.03. The maximum atomic E-state index is 13.1. The van der Waals surface area contributed by atoms with Gasteiger partial charge in [0.15, 0.2) is 0 Å². The van der Waals surface area contributed by atoms with Crippen LogP contribution in [0.15, 0.2) is 54.9 Å². The number of fused-ring (bicyclic) bond motifs is 1. The second kappa shape index (κ2) is 9.33. The molecule has 0 bridgehead atoms. The molecule has 9 heteroatoms. The number of carbonyl (C=O) groups excluding carboxylic acids is 1. The van der Waals surface area contributed by atoms with Crippen LogP contribution in [0.1, 0.15) is 32.2 Å². The van der Waals surface area contributed by atoms with Crippen LogP contribution in [0, 0.1) is 6.92 Å². The van der Waals surface area contributed by atoms with Crippen LogP contribution in [-0.4, -0.2) is 43.7 Å². The molecule has 0 aliphatic carbocycles. The van der Waals surface area contributed by atoms with Gasteiger partial charge in [-0.25, -0.2) is 19.7 Å². The van der Waals surface area contributed by atoms with Crippen molar-refractivity contribution in [1.82, 2.24) is 24.8 Å². The maximum Gasteiger partial charge on any atom is 0.328 e. The number of aromatic nitrogens is 4. The highest BCUT2D eigenvalue weighted by atomic mass is 16.6. The average Bonchev–Trinajstić information content (AvgIpc) is 3.42. The molecule has 1 atom stereocenters. The van der Waals surface area contributed by atoms with E-state index in [0.29, 0.717) is 29.6 Å². The molecule has 0 saturated carbocycles. The van der Waals surface area contributed by atoms with Gasteiger partial charge in [0, 0.05) is 36.5 Å². The van der Waals surface area contributed by atoms with Crippen LogP contribution in [0.4, 0.5) is 5.82 Å². The molecule has 4 aromatic rings. The molecule has 1 aromatic carbocycles. The van der Waals surface area contributed by atoms with Gasteiger partial charge in [0.2, 0.25) is 5.88 Å². The number of ether oxygens (including phenoxy) is 2. The minimum atomic E-state index is -0.620. The molecule has 3 N–H and O–H groups in total. The number of pyridine rings is 1. The Morgan fingerprint density at radius 1 is 1.14 bits per heavy atom. The summed E-state index contributed by atoms with van der Waals surface area (Å²) < 4.78 is 13.6. The van der Waals surface area contributed by atoms with Gasteiger partial charge in [0.05, 0.1) is 11.1 Å². The summed E-state index contributed by atoms with van der Waals surface area (Å²) in [6.07, 6.45) is 3.46. The minimum Gasteiger partial charge on any atom is -0.459 e. The van der Waals surface area contributed by atoms with Crippen LogP contribution < -0.4 is 15.8 Å². The number of nitrogens with two attached hydrogens (primary N) is 1. The number of anilines is 1. The Morgan fingerprint density at radius 3 is 2.59 bits per heavy atom. The number of esters is 1. The zero-order valence-corrected chi connectivity index (χ0v) is 21.6. The summed E-state index contributed by atoms with van der Waals surface area (Å²) in [5.41, 5.74) is 10.7. The Balaban J connectivity index is 1.60. The fourth-order valence-corrected chi connectivity index (χ4v) is 4.60. The zero-order chi connectivity index (χ0) is 26.3. The number of nitrogen functional groups attached to an aromatic ring is 1. The molecule has 9 nitrogen and oxygen atoms in total. The Morgan fingerprint density at radius 2 is 1.89 bits per heavy atom.